The van der Waals surface area contributed by atoms with Crippen molar-refractivity contribution >= 4 is 27.5 Å². The Labute approximate surface area is 153 Å². The summed E-state index contributed by atoms with van der Waals surface area (Å²) in [6.07, 6.45) is 1.83. The normalized spacial score (nSPS) is 12.0. The van der Waals surface area contributed by atoms with Gasteiger partial charge in [0.2, 0.25) is 5.91 Å². The number of benzene rings is 2. The zero-order valence-corrected chi connectivity index (χ0v) is 16.1. The van der Waals surface area contributed by atoms with Gasteiger partial charge < -0.3 is 10.6 Å². The number of halogens is 1. The molecule has 0 fully saturated rings. The van der Waals surface area contributed by atoms with E-state index in [0.29, 0.717) is 6.54 Å². The minimum absolute atomic E-state index is 0.00504. The molecule has 2 rings (SSSR count). The van der Waals surface area contributed by atoms with Gasteiger partial charge in [-0.05, 0) is 48.6 Å². The van der Waals surface area contributed by atoms with Gasteiger partial charge >= 0.3 is 0 Å². The third kappa shape index (κ3) is 4.92. The highest BCUT2D eigenvalue weighted by Gasteiger charge is 2.12. The maximum atomic E-state index is 12.4. The van der Waals surface area contributed by atoms with Crippen molar-refractivity contribution in [2.45, 2.75) is 39.7 Å². The number of anilines is 1. The van der Waals surface area contributed by atoms with Gasteiger partial charge in [0.1, 0.15) is 0 Å². The van der Waals surface area contributed by atoms with Crippen LogP contribution in [0.4, 0.5) is 5.69 Å². The third-order valence-corrected chi connectivity index (χ3v) is 4.72. The number of hydrogen-bond donors (Lipinski definition) is 2. The minimum Gasteiger partial charge on any atom is -0.324 e. The second-order valence-electron chi connectivity index (χ2n) is 5.90. The van der Waals surface area contributed by atoms with E-state index in [1.54, 1.807) is 0 Å². The first-order chi connectivity index (χ1) is 11.5. The molecule has 24 heavy (non-hydrogen) atoms. The van der Waals surface area contributed by atoms with E-state index in [2.05, 4.69) is 58.6 Å². The van der Waals surface area contributed by atoms with E-state index in [4.69, 9.17) is 0 Å². The molecular formula is C20H25BrN2O. The Hall–Kier alpha value is -1.65. The first-order valence-electron chi connectivity index (χ1n) is 8.42. The predicted molar refractivity (Wildman–Crippen MR) is 104 cm³/mol. The lowest BCUT2D eigenvalue weighted by atomic mass is 10.0. The van der Waals surface area contributed by atoms with Crippen LogP contribution in [0.1, 0.15) is 43.0 Å². The smallest absolute Gasteiger partial charge is 0.238 e. The van der Waals surface area contributed by atoms with Gasteiger partial charge in [0, 0.05) is 16.2 Å². The number of aryl methyl sites for hydroxylation is 2. The van der Waals surface area contributed by atoms with Crippen LogP contribution in [0.5, 0.6) is 0 Å². The number of carbonyl (C=O) groups is 1. The molecule has 0 radical (unpaired) electrons. The molecule has 0 saturated heterocycles. The predicted octanol–water partition coefficient (Wildman–Crippen LogP) is 5.00. The van der Waals surface area contributed by atoms with Gasteiger partial charge in [0.25, 0.3) is 0 Å². The largest absolute Gasteiger partial charge is 0.324 e. The van der Waals surface area contributed by atoms with E-state index in [1.807, 2.05) is 31.2 Å². The molecule has 0 heterocycles. The van der Waals surface area contributed by atoms with Crippen LogP contribution in [-0.4, -0.2) is 12.5 Å². The summed E-state index contributed by atoms with van der Waals surface area (Å²) in [7, 11) is 0. The fourth-order valence-electron chi connectivity index (χ4n) is 2.79. The Bertz CT molecular complexity index is 683. The summed E-state index contributed by atoms with van der Waals surface area (Å²) in [5, 5.41) is 6.42. The van der Waals surface area contributed by atoms with E-state index in [-0.39, 0.29) is 11.9 Å². The summed E-state index contributed by atoms with van der Waals surface area (Å²) in [6, 6.07) is 14.5. The molecule has 2 aromatic carbocycles. The number of rotatable bonds is 7. The van der Waals surface area contributed by atoms with Gasteiger partial charge in [0.15, 0.2) is 0 Å². The van der Waals surface area contributed by atoms with Crippen molar-refractivity contribution in [2.24, 2.45) is 0 Å². The summed E-state index contributed by atoms with van der Waals surface area (Å²) in [6.45, 7) is 6.54. The van der Waals surface area contributed by atoms with Crippen LogP contribution in [0.3, 0.4) is 0 Å². The Morgan fingerprint density at radius 2 is 1.83 bits per heavy atom. The van der Waals surface area contributed by atoms with E-state index in [9.17, 15) is 4.79 Å². The van der Waals surface area contributed by atoms with Crippen LogP contribution in [0.2, 0.25) is 0 Å². The number of para-hydroxylation sites is 1. The quantitative estimate of drug-likeness (QED) is 0.700. The number of hydrogen-bond acceptors (Lipinski definition) is 2. The van der Waals surface area contributed by atoms with Gasteiger partial charge in [-0.2, -0.15) is 0 Å². The highest BCUT2D eigenvalue weighted by atomic mass is 79.9. The topological polar surface area (TPSA) is 41.1 Å². The van der Waals surface area contributed by atoms with Crippen molar-refractivity contribution < 1.29 is 4.79 Å². The first-order valence-corrected chi connectivity index (χ1v) is 9.21. The molecule has 3 nitrogen and oxygen atoms in total. The fourth-order valence-corrected chi connectivity index (χ4v) is 3.06. The van der Waals surface area contributed by atoms with Gasteiger partial charge in [-0.3, -0.25) is 4.79 Å². The first kappa shape index (κ1) is 18.7. The number of carbonyl (C=O) groups excluding carboxylic acids is 1. The van der Waals surface area contributed by atoms with Crippen molar-refractivity contribution in [2.75, 3.05) is 11.9 Å². The molecule has 0 saturated carbocycles. The van der Waals surface area contributed by atoms with Gasteiger partial charge in [-0.1, -0.05) is 60.1 Å². The molecule has 1 amide bonds. The summed E-state index contributed by atoms with van der Waals surface area (Å²) < 4.78 is 1.06. The van der Waals surface area contributed by atoms with E-state index < -0.39 is 0 Å². The van der Waals surface area contributed by atoms with Crippen LogP contribution in [0.25, 0.3) is 0 Å². The van der Waals surface area contributed by atoms with Crippen molar-refractivity contribution in [1.29, 1.82) is 0 Å². The molecule has 2 aromatic rings. The molecule has 0 aromatic heterocycles. The Morgan fingerprint density at radius 3 is 2.46 bits per heavy atom. The Morgan fingerprint density at radius 1 is 1.12 bits per heavy atom. The van der Waals surface area contributed by atoms with Crippen molar-refractivity contribution in [3.8, 4) is 0 Å². The van der Waals surface area contributed by atoms with Gasteiger partial charge in [-0.15, -0.1) is 0 Å². The summed E-state index contributed by atoms with van der Waals surface area (Å²) in [5.41, 5.74) is 4.41. The molecule has 0 unspecified atom stereocenters. The summed E-state index contributed by atoms with van der Waals surface area (Å²) in [5.74, 6) is -0.00504. The van der Waals surface area contributed by atoms with Crippen molar-refractivity contribution in [1.82, 2.24) is 5.32 Å². The molecule has 0 spiro atoms. The fraction of sp³-hybridized carbons (Fsp3) is 0.350. The zero-order valence-electron chi connectivity index (χ0n) is 14.5. The highest BCUT2D eigenvalue weighted by molar-refractivity contribution is 9.10. The van der Waals surface area contributed by atoms with Crippen molar-refractivity contribution in [3.63, 3.8) is 0 Å². The molecule has 128 valence electrons. The van der Waals surface area contributed by atoms with Crippen LogP contribution < -0.4 is 10.6 Å². The van der Waals surface area contributed by atoms with Crippen LogP contribution >= 0.6 is 15.9 Å². The van der Waals surface area contributed by atoms with Gasteiger partial charge in [0.05, 0.1) is 6.54 Å². The summed E-state index contributed by atoms with van der Waals surface area (Å²) in [4.78, 5) is 12.4. The van der Waals surface area contributed by atoms with Crippen molar-refractivity contribution in [3.05, 3.63) is 63.6 Å². The lowest BCUT2D eigenvalue weighted by molar-refractivity contribution is -0.115. The average molecular weight is 389 g/mol. The second-order valence-corrected chi connectivity index (χ2v) is 6.82. The lowest BCUT2D eigenvalue weighted by Gasteiger charge is -2.18. The third-order valence-electron chi connectivity index (χ3n) is 4.19. The monoisotopic (exact) mass is 388 g/mol. The molecule has 0 aliphatic rings. The molecule has 0 bridgehead atoms. The standard InChI is InChI=1S/C20H25BrN2O/c1-4-15-8-6-7-14(3)20(15)23-19(24)13-22-18(5-2)16-9-11-17(21)12-10-16/h6-12,18,22H,4-5,13H2,1-3H3,(H,23,24)/t18-/m0/s1. The SMILES string of the molecule is CCc1cccc(C)c1NC(=O)CN[C@@H](CC)c1ccc(Br)cc1. The zero-order chi connectivity index (χ0) is 17.5. The van der Waals surface area contributed by atoms with E-state index in [0.717, 1.165) is 28.6 Å². The minimum atomic E-state index is -0.00504. The number of nitrogens with one attached hydrogen (secondary N) is 2. The van der Waals surface area contributed by atoms with Crippen LogP contribution in [0.15, 0.2) is 46.9 Å². The lowest BCUT2D eigenvalue weighted by Crippen LogP contribution is -2.31. The molecule has 1 atom stereocenters. The van der Waals surface area contributed by atoms with Gasteiger partial charge in [-0.25, -0.2) is 0 Å². The Balaban J connectivity index is 1.98. The summed E-state index contributed by atoms with van der Waals surface area (Å²) >= 11 is 3.45. The molecule has 2 N–H and O–H groups in total. The maximum Gasteiger partial charge on any atom is 0.238 e. The molecular weight excluding hydrogens is 364 g/mol. The van der Waals surface area contributed by atoms with E-state index in [1.165, 1.54) is 11.1 Å². The van der Waals surface area contributed by atoms with E-state index >= 15 is 0 Å². The van der Waals surface area contributed by atoms with Crippen LogP contribution in [0, 0.1) is 6.92 Å². The average Bonchev–Trinajstić information content (AvgIpc) is 2.58. The second kappa shape index (κ2) is 9.00. The number of amides is 1. The molecule has 0 aliphatic carbocycles. The molecule has 0 aliphatic heterocycles. The maximum absolute atomic E-state index is 12.4. The van der Waals surface area contributed by atoms with Crippen LogP contribution in [-0.2, 0) is 11.2 Å². The molecule has 4 heteroatoms. The highest BCUT2D eigenvalue weighted by Crippen LogP contribution is 2.22. The Kier molecular flexibility index (Phi) is 7.00.